The molecule has 7 heteroatoms. The Morgan fingerprint density at radius 2 is 2.19 bits per heavy atom. The van der Waals surface area contributed by atoms with Crippen LogP contribution in [-0.4, -0.2) is 43.4 Å². The lowest BCUT2D eigenvalue weighted by Gasteiger charge is -2.13. The number of nitrogens with zero attached hydrogens (tertiary/aromatic N) is 3. The first-order valence-electron chi connectivity index (χ1n) is 6.68. The Morgan fingerprint density at radius 1 is 1.43 bits per heavy atom. The van der Waals surface area contributed by atoms with Crippen LogP contribution in [0.2, 0.25) is 0 Å². The fraction of sp³-hybridized carbons (Fsp3) is 0.500. The van der Waals surface area contributed by atoms with Gasteiger partial charge in [-0.25, -0.2) is 9.97 Å². The average molecular weight is 325 g/mol. The first kappa shape index (κ1) is 16.2. The maximum Gasteiger partial charge on any atom is 0.313 e. The highest BCUT2D eigenvalue weighted by Crippen LogP contribution is 2.25. The van der Waals surface area contributed by atoms with E-state index < -0.39 is 5.97 Å². The van der Waals surface area contributed by atoms with E-state index in [0.29, 0.717) is 5.92 Å². The number of hydrogen-bond acceptors (Lipinski definition) is 5. The Kier molecular flexibility index (Phi) is 5.52. The molecule has 2 heterocycles. The van der Waals surface area contributed by atoms with Crippen molar-refractivity contribution in [3.05, 3.63) is 17.8 Å². The van der Waals surface area contributed by atoms with Crippen LogP contribution in [0, 0.1) is 12.8 Å². The van der Waals surface area contributed by atoms with Gasteiger partial charge in [0.25, 0.3) is 0 Å². The molecular formula is C14H19N3O2S2. The predicted molar refractivity (Wildman–Crippen MR) is 88.2 cm³/mol. The third kappa shape index (κ3) is 4.14. The van der Waals surface area contributed by atoms with Crippen molar-refractivity contribution in [1.29, 1.82) is 0 Å². The SMILES string of the molecule is CSCC(C)Cn1c(SCC(=O)O)nc2ccc(C)nc21. The van der Waals surface area contributed by atoms with Crippen molar-refractivity contribution in [2.24, 2.45) is 5.92 Å². The summed E-state index contributed by atoms with van der Waals surface area (Å²) in [6.07, 6.45) is 2.09. The molecule has 114 valence electrons. The van der Waals surface area contributed by atoms with Gasteiger partial charge in [0, 0.05) is 12.2 Å². The van der Waals surface area contributed by atoms with Crippen molar-refractivity contribution in [3.63, 3.8) is 0 Å². The second-order valence-electron chi connectivity index (χ2n) is 5.04. The van der Waals surface area contributed by atoms with Crippen molar-refractivity contribution in [1.82, 2.24) is 14.5 Å². The van der Waals surface area contributed by atoms with Crippen LogP contribution in [0.25, 0.3) is 11.2 Å². The van der Waals surface area contributed by atoms with Crippen molar-refractivity contribution in [2.75, 3.05) is 17.8 Å². The van der Waals surface area contributed by atoms with Gasteiger partial charge in [-0.1, -0.05) is 18.7 Å². The van der Waals surface area contributed by atoms with Gasteiger partial charge in [0.15, 0.2) is 10.8 Å². The Balaban J connectivity index is 2.37. The first-order valence-corrected chi connectivity index (χ1v) is 9.06. The molecule has 1 unspecified atom stereocenters. The third-order valence-corrected chi connectivity index (χ3v) is 4.83. The molecule has 1 atom stereocenters. The van der Waals surface area contributed by atoms with Gasteiger partial charge in [-0.2, -0.15) is 11.8 Å². The number of carboxylic acid groups (broad SMARTS) is 1. The van der Waals surface area contributed by atoms with Crippen LogP contribution in [0.4, 0.5) is 0 Å². The zero-order valence-electron chi connectivity index (χ0n) is 12.4. The summed E-state index contributed by atoms with van der Waals surface area (Å²) in [6, 6.07) is 3.87. The second-order valence-corrected chi connectivity index (χ2v) is 6.90. The largest absolute Gasteiger partial charge is 0.481 e. The maximum atomic E-state index is 10.8. The number of rotatable bonds is 7. The molecule has 2 aromatic heterocycles. The molecule has 0 saturated heterocycles. The van der Waals surface area contributed by atoms with Crippen LogP contribution < -0.4 is 0 Å². The van der Waals surface area contributed by atoms with Gasteiger partial charge >= 0.3 is 5.97 Å². The summed E-state index contributed by atoms with van der Waals surface area (Å²) in [4.78, 5) is 19.9. The molecule has 0 aromatic carbocycles. The van der Waals surface area contributed by atoms with E-state index in [4.69, 9.17) is 5.11 Å². The van der Waals surface area contributed by atoms with Crippen LogP contribution in [0.5, 0.6) is 0 Å². The minimum absolute atomic E-state index is 0.0131. The fourth-order valence-corrected chi connectivity index (χ4v) is 3.53. The molecule has 0 saturated carbocycles. The van der Waals surface area contributed by atoms with Crippen molar-refractivity contribution in [3.8, 4) is 0 Å². The number of aromatic nitrogens is 3. The second kappa shape index (κ2) is 7.17. The first-order chi connectivity index (χ1) is 10.0. The maximum absolute atomic E-state index is 10.8. The zero-order chi connectivity index (χ0) is 15.4. The molecule has 2 aromatic rings. The Bertz CT molecular complexity index is 642. The lowest BCUT2D eigenvalue weighted by atomic mass is 10.2. The summed E-state index contributed by atoms with van der Waals surface area (Å²) in [5.41, 5.74) is 2.61. The minimum atomic E-state index is -0.833. The number of fused-ring (bicyclic) bond motifs is 1. The smallest absolute Gasteiger partial charge is 0.313 e. The van der Waals surface area contributed by atoms with Crippen LogP contribution in [0.1, 0.15) is 12.6 Å². The molecule has 0 spiro atoms. The summed E-state index contributed by atoms with van der Waals surface area (Å²) in [7, 11) is 0. The third-order valence-electron chi connectivity index (χ3n) is 2.97. The van der Waals surface area contributed by atoms with E-state index in [1.165, 1.54) is 11.8 Å². The number of imidazole rings is 1. The normalized spacial score (nSPS) is 12.7. The lowest BCUT2D eigenvalue weighted by molar-refractivity contribution is -0.133. The molecule has 0 amide bonds. The standard InChI is InChI=1S/C14H19N3O2S2/c1-9(7-20-3)6-17-13-11(5-4-10(2)15-13)16-14(17)21-8-12(18)19/h4-5,9H,6-8H2,1-3H3,(H,18,19). The molecule has 0 aliphatic carbocycles. The van der Waals surface area contributed by atoms with Crippen LogP contribution in [0.3, 0.4) is 0 Å². The zero-order valence-corrected chi connectivity index (χ0v) is 14.0. The number of aliphatic carboxylic acids is 1. The number of carboxylic acids is 1. The molecule has 0 aliphatic heterocycles. The molecule has 1 N–H and O–H groups in total. The van der Waals surface area contributed by atoms with Gasteiger partial charge in [-0.05, 0) is 37.0 Å². The molecule has 21 heavy (non-hydrogen) atoms. The Morgan fingerprint density at radius 3 is 2.86 bits per heavy atom. The molecule has 0 radical (unpaired) electrons. The average Bonchev–Trinajstić information content (AvgIpc) is 2.74. The molecule has 0 bridgehead atoms. The molecule has 5 nitrogen and oxygen atoms in total. The topological polar surface area (TPSA) is 68.0 Å². The van der Waals surface area contributed by atoms with Gasteiger partial charge in [0.2, 0.25) is 0 Å². The fourth-order valence-electron chi connectivity index (χ4n) is 2.13. The number of thioether (sulfide) groups is 2. The lowest BCUT2D eigenvalue weighted by Crippen LogP contribution is -2.12. The monoisotopic (exact) mass is 325 g/mol. The van der Waals surface area contributed by atoms with Gasteiger partial charge in [0.1, 0.15) is 5.52 Å². The number of aryl methyl sites for hydroxylation is 1. The quantitative estimate of drug-likeness (QED) is 0.790. The highest BCUT2D eigenvalue weighted by atomic mass is 32.2. The van der Waals surface area contributed by atoms with E-state index in [-0.39, 0.29) is 5.75 Å². The number of carbonyl (C=O) groups is 1. The highest BCUT2D eigenvalue weighted by molar-refractivity contribution is 7.99. The minimum Gasteiger partial charge on any atom is -0.481 e. The van der Waals surface area contributed by atoms with Gasteiger partial charge in [-0.15, -0.1) is 0 Å². The number of pyridine rings is 1. The molecule has 2 rings (SSSR count). The van der Waals surface area contributed by atoms with E-state index in [1.54, 1.807) is 0 Å². The summed E-state index contributed by atoms with van der Waals surface area (Å²) in [5.74, 6) is 0.706. The highest BCUT2D eigenvalue weighted by Gasteiger charge is 2.16. The van der Waals surface area contributed by atoms with Crippen LogP contribution in [-0.2, 0) is 11.3 Å². The van der Waals surface area contributed by atoms with Crippen LogP contribution >= 0.6 is 23.5 Å². The van der Waals surface area contributed by atoms with Gasteiger partial charge in [0.05, 0.1) is 5.75 Å². The van der Waals surface area contributed by atoms with Gasteiger partial charge < -0.3 is 9.67 Å². The molecule has 0 aliphatic rings. The van der Waals surface area contributed by atoms with Crippen molar-refractivity contribution < 1.29 is 9.90 Å². The molecule has 0 fully saturated rings. The van der Waals surface area contributed by atoms with E-state index in [9.17, 15) is 4.79 Å². The summed E-state index contributed by atoms with van der Waals surface area (Å²) in [5, 5.41) is 9.61. The predicted octanol–water partition coefficient (Wildman–Crippen LogP) is 2.92. The van der Waals surface area contributed by atoms with E-state index in [0.717, 1.165) is 34.3 Å². The van der Waals surface area contributed by atoms with Crippen molar-refractivity contribution in [2.45, 2.75) is 25.5 Å². The van der Waals surface area contributed by atoms with E-state index >= 15 is 0 Å². The van der Waals surface area contributed by atoms with Gasteiger partial charge in [-0.3, -0.25) is 4.79 Å². The summed E-state index contributed by atoms with van der Waals surface area (Å²) < 4.78 is 2.05. The van der Waals surface area contributed by atoms with Crippen LogP contribution in [0.15, 0.2) is 17.3 Å². The summed E-state index contributed by atoms with van der Waals surface area (Å²) >= 11 is 3.06. The Hall–Kier alpha value is -1.21. The van der Waals surface area contributed by atoms with E-state index in [1.807, 2.05) is 30.8 Å². The number of hydrogen-bond donors (Lipinski definition) is 1. The Labute approximate surface area is 132 Å². The molecular weight excluding hydrogens is 306 g/mol. The van der Waals surface area contributed by atoms with Crippen molar-refractivity contribution >= 4 is 40.7 Å². The summed E-state index contributed by atoms with van der Waals surface area (Å²) in [6.45, 7) is 4.94. The van der Waals surface area contributed by atoms with E-state index in [2.05, 4.69) is 27.7 Å².